The number of rotatable bonds is 6. The van der Waals surface area contributed by atoms with Crippen molar-refractivity contribution in [1.29, 1.82) is 0 Å². The maximum absolute atomic E-state index is 12.2. The summed E-state index contributed by atoms with van der Waals surface area (Å²) < 4.78 is 0. The van der Waals surface area contributed by atoms with Gasteiger partial charge in [-0.15, -0.1) is 0 Å². The highest BCUT2D eigenvalue weighted by molar-refractivity contribution is 5.92. The van der Waals surface area contributed by atoms with Gasteiger partial charge in [-0.3, -0.25) is 9.59 Å². The molecule has 0 radical (unpaired) electrons. The maximum Gasteiger partial charge on any atom is 0.326 e. The number of hydrogen-bond acceptors (Lipinski definition) is 5. The first-order valence-electron chi connectivity index (χ1n) is 6.99. The molecule has 1 rings (SSSR count). The monoisotopic (exact) mass is 301 g/mol. The van der Waals surface area contributed by atoms with E-state index in [4.69, 9.17) is 15.9 Å². The van der Waals surface area contributed by atoms with Crippen LogP contribution >= 0.6 is 0 Å². The number of aliphatic carboxylic acids is 1. The largest absolute Gasteiger partial charge is 0.480 e. The predicted octanol–water partition coefficient (Wildman–Crippen LogP) is -1.48. The first-order valence-corrected chi connectivity index (χ1v) is 6.99. The molecule has 2 amide bonds. The molecule has 120 valence electrons. The number of amides is 2. The van der Waals surface area contributed by atoms with Crippen molar-refractivity contribution in [1.82, 2.24) is 10.2 Å². The van der Waals surface area contributed by atoms with Crippen LogP contribution in [0.15, 0.2) is 0 Å². The van der Waals surface area contributed by atoms with Gasteiger partial charge in [-0.2, -0.15) is 0 Å². The highest BCUT2D eigenvalue weighted by atomic mass is 16.4. The van der Waals surface area contributed by atoms with Gasteiger partial charge in [-0.05, 0) is 18.8 Å². The second-order valence-corrected chi connectivity index (χ2v) is 5.55. The van der Waals surface area contributed by atoms with E-state index in [-0.39, 0.29) is 5.92 Å². The number of carbonyl (C=O) groups excluding carboxylic acids is 2. The zero-order valence-electron chi connectivity index (χ0n) is 12.3. The van der Waals surface area contributed by atoms with Crippen LogP contribution in [0.25, 0.3) is 0 Å². The van der Waals surface area contributed by atoms with Gasteiger partial charge in [0.1, 0.15) is 18.1 Å². The van der Waals surface area contributed by atoms with E-state index in [1.165, 1.54) is 4.90 Å². The van der Waals surface area contributed by atoms with Crippen LogP contribution in [0.3, 0.4) is 0 Å². The summed E-state index contributed by atoms with van der Waals surface area (Å²) in [6.45, 7) is 3.27. The SMILES string of the molecule is CC(C)C(NC(=O)C1CCCN1C(=O)C(N)CO)C(=O)O. The standard InChI is InChI=1S/C13H23N3O5/c1-7(2)10(13(20)21)15-11(18)9-4-3-5-16(9)12(19)8(14)6-17/h7-10,17H,3-6,14H2,1-2H3,(H,15,18)(H,20,21). The Bertz CT molecular complexity index is 413. The first-order chi connectivity index (χ1) is 9.79. The molecule has 0 saturated carbocycles. The summed E-state index contributed by atoms with van der Waals surface area (Å²) in [4.78, 5) is 36.6. The molecule has 1 fully saturated rings. The Labute approximate surface area is 123 Å². The summed E-state index contributed by atoms with van der Waals surface area (Å²) in [5.41, 5.74) is 5.49. The number of aliphatic hydroxyl groups excluding tert-OH is 1. The van der Waals surface area contributed by atoms with Crippen molar-refractivity contribution < 1.29 is 24.6 Å². The fraction of sp³-hybridized carbons (Fsp3) is 0.769. The molecule has 0 bridgehead atoms. The Balaban J connectivity index is 2.76. The molecule has 1 aliphatic heterocycles. The molecule has 0 aromatic rings. The van der Waals surface area contributed by atoms with E-state index < -0.39 is 42.5 Å². The number of carboxylic acids is 1. The van der Waals surface area contributed by atoms with E-state index in [2.05, 4.69) is 5.32 Å². The lowest BCUT2D eigenvalue weighted by Crippen LogP contribution is -2.55. The van der Waals surface area contributed by atoms with Crippen molar-refractivity contribution in [2.45, 2.75) is 44.8 Å². The van der Waals surface area contributed by atoms with E-state index in [1.54, 1.807) is 13.8 Å². The molecule has 1 aliphatic rings. The Morgan fingerprint density at radius 2 is 2.00 bits per heavy atom. The van der Waals surface area contributed by atoms with Crippen LogP contribution in [-0.4, -0.2) is 64.2 Å². The summed E-state index contributed by atoms with van der Waals surface area (Å²) in [5, 5.41) is 20.5. The lowest BCUT2D eigenvalue weighted by Gasteiger charge is -2.28. The van der Waals surface area contributed by atoms with Crippen molar-refractivity contribution in [2.24, 2.45) is 11.7 Å². The molecule has 8 heteroatoms. The molecule has 0 spiro atoms. The lowest BCUT2D eigenvalue weighted by molar-refractivity contribution is -0.145. The number of aliphatic hydroxyl groups is 1. The number of nitrogens with one attached hydrogen (secondary N) is 1. The predicted molar refractivity (Wildman–Crippen MR) is 74.2 cm³/mol. The molecular weight excluding hydrogens is 278 g/mol. The van der Waals surface area contributed by atoms with E-state index >= 15 is 0 Å². The zero-order chi connectivity index (χ0) is 16.2. The molecule has 5 N–H and O–H groups in total. The van der Waals surface area contributed by atoms with Crippen LogP contribution in [0.4, 0.5) is 0 Å². The van der Waals surface area contributed by atoms with Crippen LogP contribution in [0.1, 0.15) is 26.7 Å². The Kier molecular flexibility index (Phi) is 6.10. The highest BCUT2D eigenvalue weighted by Gasteiger charge is 2.37. The van der Waals surface area contributed by atoms with Crippen LogP contribution in [0.2, 0.25) is 0 Å². The van der Waals surface area contributed by atoms with Crippen LogP contribution in [0.5, 0.6) is 0 Å². The number of hydrogen-bond donors (Lipinski definition) is 4. The maximum atomic E-state index is 12.2. The van der Waals surface area contributed by atoms with E-state index in [0.29, 0.717) is 19.4 Å². The molecule has 3 atom stereocenters. The lowest BCUT2D eigenvalue weighted by atomic mass is 10.0. The first kappa shape index (κ1) is 17.4. The van der Waals surface area contributed by atoms with Crippen molar-refractivity contribution in [3.63, 3.8) is 0 Å². The van der Waals surface area contributed by atoms with Gasteiger partial charge >= 0.3 is 5.97 Å². The second kappa shape index (κ2) is 7.37. The van der Waals surface area contributed by atoms with Gasteiger partial charge in [0, 0.05) is 6.54 Å². The average Bonchev–Trinajstić information content (AvgIpc) is 2.91. The number of carbonyl (C=O) groups is 3. The van der Waals surface area contributed by atoms with Crippen molar-refractivity contribution in [3.8, 4) is 0 Å². The van der Waals surface area contributed by atoms with Crippen LogP contribution in [0, 0.1) is 5.92 Å². The highest BCUT2D eigenvalue weighted by Crippen LogP contribution is 2.19. The van der Waals surface area contributed by atoms with Gasteiger partial charge in [-0.25, -0.2) is 4.79 Å². The summed E-state index contributed by atoms with van der Waals surface area (Å²) >= 11 is 0. The van der Waals surface area contributed by atoms with E-state index in [0.717, 1.165) is 0 Å². The average molecular weight is 301 g/mol. The molecule has 1 saturated heterocycles. The summed E-state index contributed by atoms with van der Waals surface area (Å²) in [6.07, 6.45) is 1.10. The minimum Gasteiger partial charge on any atom is -0.480 e. The molecule has 0 aromatic heterocycles. The zero-order valence-corrected chi connectivity index (χ0v) is 12.3. The van der Waals surface area contributed by atoms with Gasteiger partial charge < -0.3 is 26.2 Å². The molecule has 21 heavy (non-hydrogen) atoms. The smallest absolute Gasteiger partial charge is 0.326 e. The molecule has 0 aliphatic carbocycles. The normalized spacial score (nSPS) is 21.2. The number of nitrogens with zero attached hydrogens (tertiary/aromatic N) is 1. The molecule has 3 unspecified atom stereocenters. The second-order valence-electron chi connectivity index (χ2n) is 5.55. The van der Waals surface area contributed by atoms with E-state index in [9.17, 15) is 14.4 Å². The Morgan fingerprint density at radius 1 is 1.38 bits per heavy atom. The topological polar surface area (TPSA) is 133 Å². The van der Waals surface area contributed by atoms with Crippen molar-refractivity contribution >= 4 is 17.8 Å². The minimum atomic E-state index is -1.11. The molecule has 0 aromatic carbocycles. The summed E-state index contributed by atoms with van der Waals surface area (Å²) in [6, 6.07) is -2.78. The van der Waals surface area contributed by atoms with Gasteiger partial charge in [0.05, 0.1) is 6.61 Å². The molecule has 1 heterocycles. The van der Waals surface area contributed by atoms with Gasteiger partial charge in [0.25, 0.3) is 0 Å². The summed E-state index contributed by atoms with van der Waals surface area (Å²) in [5.74, 6) is -2.36. The Morgan fingerprint density at radius 3 is 2.48 bits per heavy atom. The third-order valence-corrected chi connectivity index (χ3v) is 3.58. The third-order valence-electron chi connectivity index (χ3n) is 3.58. The van der Waals surface area contributed by atoms with Crippen molar-refractivity contribution in [3.05, 3.63) is 0 Å². The van der Waals surface area contributed by atoms with Gasteiger partial charge in [0.2, 0.25) is 11.8 Å². The van der Waals surface area contributed by atoms with Crippen LogP contribution < -0.4 is 11.1 Å². The minimum absolute atomic E-state index is 0.267. The van der Waals surface area contributed by atoms with E-state index in [1.807, 2.05) is 0 Å². The number of nitrogens with two attached hydrogens (primary N) is 1. The molecule has 8 nitrogen and oxygen atoms in total. The molecular formula is C13H23N3O5. The number of likely N-dealkylation sites (tertiary alicyclic amines) is 1. The van der Waals surface area contributed by atoms with Gasteiger partial charge in [0.15, 0.2) is 0 Å². The van der Waals surface area contributed by atoms with Crippen molar-refractivity contribution in [2.75, 3.05) is 13.2 Å². The Hall–Kier alpha value is -1.67. The third kappa shape index (κ3) is 4.15. The van der Waals surface area contributed by atoms with Crippen LogP contribution in [-0.2, 0) is 14.4 Å². The quantitative estimate of drug-likeness (QED) is 0.473. The summed E-state index contributed by atoms with van der Waals surface area (Å²) in [7, 11) is 0. The fourth-order valence-electron chi connectivity index (χ4n) is 2.36. The van der Waals surface area contributed by atoms with Gasteiger partial charge in [-0.1, -0.05) is 13.8 Å². The fourth-order valence-corrected chi connectivity index (χ4v) is 2.36. The number of carboxylic acid groups (broad SMARTS) is 1.